The van der Waals surface area contributed by atoms with E-state index in [1.165, 1.54) is 17.7 Å². The van der Waals surface area contributed by atoms with Crippen LogP contribution >= 0.6 is 0 Å². The zero-order chi connectivity index (χ0) is 23.3. The lowest BCUT2D eigenvalue weighted by Crippen LogP contribution is -2.35. The van der Waals surface area contributed by atoms with Gasteiger partial charge in [-0.15, -0.1) is 0 Å². The quantitative estimate of drug-likeness (QED) is 0.337. The summed E-state index contributed by atoms with van der Waals surface area (Å²) in [6.45, 7) is 5.46. The molecule has 1 saturated heterocycles. The Kier molecular flexibility index (Phi) is 6.72. The molecule has 0 unspecified atom stereocenters. The van der Waals surface area contributed by atoms with Gasteiger partial charge in [0, 0.05) is 41.1 Å². The molecule has 1 N–H and O–H groups in total. The standard InChI is InChI=1S/C29H30FN3O/c1-21-17-29(27-9-5-6-10-28(27)31-21)32-25-18-24(30)19-26(20-25)34-16-15-33-13-11-23(12-14-33)22-7-3-2-4-8-22/h2-10,17-20,23H,11-16H2,1H3,(H,31,32). The largest absolute Gasteiger partial charge is 0.492 e. The van der Waals surface area contributed by atoms with E-state index >= 15 is 0 Å². The molecule has 5 heteroatoms. The Morgan fingerprint density at radius 1 is 0.971 bits per heavy atom. The van der Waals surface area contributed by atoms with E-state index in [2.05, 4.69) is 45.5 Å². The van der Waals surface area contributed by atoms with Crippen LogP contribution in [0.4, 0.5) is 15.8 Å². The van der Waals surface area contributed by atoms with Crippen LogP contribution in [-0.2, 0) is 0 Å². The Morgan fingerprint density at radius 3 is 2.56 bits per heavy atom. The molecule has 1 aromatic heterocycles. The number of halogens is 1. The van der Waals surface area contributed by atoms with Crippen molar-refractivity contribution in [3.8, 4) is 5.75 Å². The van der Waals surface area contributed by atoms with E-state index in [1.54, 1.807) is 0 Å². The van der Waals surface area contributed by atoms with Gasteiger partial charge in [-0.3, -0.25) is 9.88 Å². The van der Waals surface area contributed by atoms with Gasteiger partial charge in [0.1, 0.15) is 18.2 Å². The van der Waals surface area contributed by atoms with E-state index in [-0.39, 0.29) is 5.82 Å². The lowest BCUT2D eigenvalue weighted by Gasteiger charge is -2.32. The maximum atomic E-state index is 14.4. The van der Waals surface area contributed by atoms with Crippen LogP contribution in [0, 0.1) is 12.7 Å². The third-order valence-corrected chi connectivity index (χ3v) is 6.53. The number of aromatic nitrogens is 1. The number of hydrogen-bond acceptors (Lipinski definition) is 4. The summed E-state index contributed by atoms with van der Waals surface area (Å²) in [4.78, 5) is 7.01. The van der Waals surface area contributed by atoms with E-state index in [1.807, 2.05) is 43.3 Å². The summed E-state index contributed by atoms with van der Waals surface area (Å²) in [5, 5.41) is 4.36. The minimum absolute atomic E-state index is 0.321. The molecule has 5 rings (SSSR count). The van der Waals surface area contributed by atoms with Crippen molar-refractivity contribution >= 4 is 22.3 Å². The van der Waals surface area contributed by atoms with E-state index in [0.717, 1.165) is 54.8 Å². The summed E-state index contributed by atoms with van der Waals surface area (Å²) in [5.74, 6) is 0.860. The molecule has 0 bridgehead atoms. The molecule has 0 spiro atoms. The zero-order valence-corrected chi connectivity index (χ0v) is 19.5. The zero-order valence-electron chi connectivity index (χ0n) is 19.5. The predicted octanol–water partition coefficient (Wildman–Crippen LogP) is 6.68. The van der Waals surface area contributed by atoms with Crippen molar-refractivity contribution in [1.82, 2.24) is 9.88 Å². The topological polar surface area (TPSA) is 37.4 Å². The molecule has 4 nitrogen and oxygen atoms in total. The van der Waals surface area contributed by atoms with Crippen LogP contribution in [-0.4, -0.2) is 36.1 Å². The molecule has 0 atom stereocenters. The van der Waals surface area contributed by atoms with E-state index in [9.17, 15) is 4.39 Å². The van der Waals surface area contributed by atoms with Crippen molar-refractivity contribution in [2.75, 3.05) is 31.6 Å². The smallest absolute Gasteiger partial charge is 0.128 e. The second-order valence-corrected chi connectivity index (χ2v) is 9.00. The van der Waals surface area contributed by atoms with Gasteiger partial charge in [-0.25, -0.2) is 4.39 Å². The molecule has 1 aliphatic heterocycles. The molecule has 34 heavy (non-hydrogen) atoms. The molecule has 0 radical (unpaired) electrons. The van der Waals surface area contributed by atoms with Gasteiger partial charge in [0.15, 0.2) is 0 Å². The Labute approximate surface area is 200 Å². The third kappa shape index (κ3) is 5.37. The van der Waals surface area contributed by atoms with Crippen molar-refractivity contribution < 1.29 is 9.13 Å². The highest BCUT2D eigenvalue weighted by Gasteiger charge is 2.20. The number of fused-ring (bicyclic) bond motifs is 1. The average molecular weight is 456 g/mol. The number of anilines is 2. The highest BCUT2D eigenvalue weighted by Crippen LogP contribution is 2.30. The first-order valence-electron chi connectivity index (χ1n) is 12.0. The average Bonchev–Trinajstić information content (AvgIpc) is 2.85. The molecular weight excluding hydrogens is 425 g/mol. The fourth-order valence-corrected chi connectivity index (χ4v) is 4.79. The SMILES string of the molecule is Cc1cc(Nc2cc(F)cc(OCCN3CCC(c4ccccc4)CC3)c2)c2ccccc2n1. The number of pyridine rings is 1. The van der Waals surface area contributed by atoms with Gasteiger partial charge in [0.2, 0.25) is 0 Å². The number of piperidine rings is 1. The van der Waals surface area contributed by atoms with Crippen molar-refractivity contribution in [2.45, 2.75) is 25.7 Å². The lowest BCUT2D eigenvalue weighted by molar-refractivity contribution is 0.173. The fourth-order valence-electron chi connectivity index (χ4n) is 4.79. The Balaban J connectivity index is 1.18. The third-order valence-electron chi connectivity index (χ3n) is 6.53. The monoisotopic (exact) mass is 455 g/mol. The summed E-state index contributed by atoms with van der Waals surface area (Å²) < 4.78 is 20.3. The van der Waals surface area contributed by atoms with E-state index in [0.29, 0.717) is 24.0 Å². The van der Waals surface area contributed by atoms with Crippen LogP contribution in [0.25, 0.3) is 10.9 Å². The molecule has 0 aliphatic carbocycles. The second kappa shape index (κ2) is 10.2. The van der Waals surface area contributed by atoms with Crippen LogP contribution in [0.3, 0.4) is 0 Å². The van der Waals surface area contributed by atoms with Crippen LogP contribution in [0.5, 0.6) is 5.75 Å². The van der Waals surface area contributed by atoms with Gasteiger partial charge < -0.3 is 10.1 Å². The summed E-state index contributed by atoms with van der Waals surface area (Å²) in [7, 11) is 0. The Morgan fingerprint density at radius 2 is 1.74 bits per heavy atom. The number of likely N-dealkylation sites (tertiary alicyclic amines) is 1. The minimum atomic E-state index is -0.321. The van der Waals surface area contributed by atoms with Crippen LogP contribution in [0.2, 0.25) is 0 Å². The number of hydrogen-bond donors (Lipinski definition) is 1. The van der Waals surface area contributed by atoms with E-state index < -0.39 is 0 Å². The van der Waals surface area contributed by atoms with Crippen molar-refractivity contribution in [2.24, 2.45) is 0 Å². The predicted molar refractivity (Wildman–Crippen MR) is 137 cm³/mol. The maximum absolute atomic E-state index is 14.4. The second-order valence-electron chi connectivity index (χ2n) is 9.00. The molecule has 3 aromatic carbocycles. The van der Waals surface area contributed by atoms with Crippen molar-refractivity contribution in [1.29, 1.82) is 0 Å². The molecule has 1 fully saturated rings. The molecular formula is C29H30FN3O. The van der Waals surface area contributed by atoms with Gasteiger partial charge in [0.05, 0.1) is 5.52 Å². The van der Waals surface area contributed by atoms with Crippen molar-refractivity contribution in [3.05, 3.63) is 95.9 Å². The maximum Gasteiger partial charge on any atom is 0.128 e. The first kappa shape index (κ1) is 22.4. The van der Waals surface area contributed by atoms with Crippen molar-refractivity contribution in [3.63, 3.8) is 0 Å². The Bertz CT molecular complexity index is 1250. The van der Waals surface area contributed by atoms with Crippen LogP contribution in [0.15, 0.2) is 78.9 Å². The van der Waals surface area contributed by atoms with E-state index in [4.69, 9.17) is 4.74 Å². The molecule has 2 heterocycles. The summed E-state index contributed by atoms with van der Waals surface area (Å²) in [6.07, 6.45) is 2.33. The van der Waals surface area contributed by atoms with Gasteiger partial charge in [-0.05, 0) is 62.5 Å². The summed E-state index contributed by atoms with van der Waals surface area (Å²) >= 11 is 0. The molecule has 0 amide bonds. The summed E-state index contributed by atoms with van der Waals surface area (Å²) in [5.41, 5.74) is 4.82. The molecule has 174 valence electrons. The Hall–Kier alpha value is -3.44. The number of ether oxygens (including phenoxy) is 1. The van der Waals surface area contributed by atoms with Crippen LogP contribution < -0.4 is 10.1 Å². The minimum Gasteiger partial charge on any atom is -0.492 e. The van der Waals surface area contributed by atoms with Crippen LogP contribution in [0.1, 0.15) is 30.0 Å². The fraction of sp³-hybridized carbons (Fsp3) is 0.276. The van der Waals surface area contributed by atoms with Gasteiger partial charge >= 0.3 is 0 Å². The van der Waals surface area contributed by atoms with Gasteiger partial charge in [-0.1, -0.05) is 48.5 Å². The molecule has 0 saturated carbocycles. The summed E-state index contributed by atoms with van der Waals surface area (Å²) in [6, 6.07) is 25.5. The first-order valence-corrected chi connectivity index (χ1v) is 12.0. The highest BCUT2D eigenvalue weighted by molar-refractivity contribution is 5.93. The van der Waals surface area contributed by atoms with Gasteiger partial charge in [0.25, 0.3) is 0 Å². The number of nitrogens with one attached hydrogen (secondary N) is 1. The number of nitrogens with zero attached hydrogens (tertiary/aromatic N) is 2. The van der Waals surface area contributed by atoms with Gasteiger partial charge in [-0.2, -0.15) is 0 Å². The normalized spacial score (nSPS) is 14.9. The molecule has 4 aromatic rings. The number of benzene rings is 3. The lowest BCUT2D eigenvalue weighted by atomic mass is 9.89. The first-order chi connectivity index (χ1) is 16.6. The number of aryl methyl sites for hydroxylation is 1. The number of rotatable bonds is 7. The number of para-hydroxylation sites is 1. The molecule has 1 aliphatic rings. The highest BCUT2D eigenvalue weighted by atomic mass is 19.1.